The van der Waals surface area contributed by atoms with Crippen LogP contribution in [0.15, 0.2) is 24.3 Å². The Bertz CT molecular complexity index is 387. The molecule has 0 heterocycles. The Morgan fingerprint density at radius 3 is 2.67 bits per heavy atom. The number of phenolic OH excluding ortho intramolecular Hbond substituents is 1. The van der Waals surface area contributed by atoms with Crippen molar-refractivity contribution in [1.82, 2.24) is 0 Å². The second-order valence-electron chi connectivity index (χ2n) is 4.66. The maximum atomic E-state index is 11.6. The Labute approximate surface area is 108 Å². The largest absolute Gasteiger partial charge is 0.508 e. The highest BCUT2D eigenvalue weighted by Crippen LogP contribution is 2.20. The molecule has 1 atom stereocenters. The minimum Gasteiger partial charge on any atom is -0.508 e. The molecule has 1 rings (SSSR count). The lowest BCUT2D eigenvalue weighted by atomic mass is 9.98. The SMILES string of the molecule is COC(=O)C(COc1cccc(O)c1)CC(C)C. The molecule has 100 valence electrons. The number of ether oxygens (including phenoxy) is 2. The number of hydrogen-bond acceptors (Lipinski definition) is 4. The van der Waals surface area contributed by atoms with E-state index in [-0.39, 0.29) is 24.2 Å². The lowest BCUT2D eigenvalue weighted by molar-refractivity contribution is -0.147. The second-order valence-corrected chi connectivity index (χ2v) is 4.66. The van der Waals surface area contributed by atoms with Gasteiger partial charge >= 0.3 is 5.97 Å². The molecule has 0 saturated heterocycles. The Morgan fingerprint density at radius 2 is 2.11 bits per heavy atom. The van der Waals surface area contributed by atoms with Crippen LogP contribution in [-0.4, -0.2) is 24.8 Å². The van der Waals surface area contributed by atoms with E-state index >= 15 is 0 Å². The number of carbonyl (C=O) groups is 1. The van der Waals surface area contributed by atoms with Crippen LogP contribution in [0.3, 0.4) is 0 Å². The Kier molecular flexibility index (Phi) is 5.49. The third-order valence-electron chi connectivity index (χ3n) is 2.56. The first-order chi connectivity index (χ1) is 8.52. The molecule has 0 aliphatic carbocycles. The van der Waals surface area contributed by atoms with Crippen molar-refractivity contribution in [2.75, 3.05) is 13.7 Å². The van der Waals surface area contributed by atoms with Crippen LogP contribution in [0.2, 0.25) is 0 Å². The molecule has 0 saturated carbocycles. The van der Waals surface area contributed by atoms with Gasteiger partial charge in [0.25, 0.3) is 0 Å². The number of hydrogen-bond donors (Lipinski definition) is 1. The smallest absolute Gasteiger partial charge is 0.312 e. The van der Waals surface area contributed by atoms with E-state index in [0.717, 1.165) is 0 Å². The van der Waals surface area contributed by atoms with Crippen molar-refractivity contribution in [2.45, 2.75) is 20.3 Å². The van der Waals surface area contributed by atoms with Gasteiger partial charge < -0.3 is 14.6 Å². The first-order valence-electron chi connectivity index (χ1n) is 6.02. The summed E-state index contributed by atoms with van der Waals surface area (Å²) in [4.78, 5) is 11.6. The fourth-order valence-corrected chi connectivity index (χ4v) is 1.74. The van der Waals surface area contributed by atoms with Crippen molar-refractivity contribution < 1.29 is 19.4 Å². The van der Waals surface area contributed by atoms with E-state index in [0.29, 0.717) is 18.1 Å². The monoisotopic (exact) mass is 252 g/mol. The van der Waals surface area contributed by atoms with E-state index in [1.807, 2.05) is 13.8 Å². The van der Waals surface area contributed by atoms with E-state index in [2.05, 4.69) is 0 Å². The summed E-state index contributed by atoms with van der Waals surface area (Å²) < 4.78 is 10.3. The van der Waals surface area contributed by atoms with Gasteiger partial charge in [0.2, 0.25) is 0 Å². The van der Waals surface area contributed by atoms with Crippen molar-refractivity contribution in [3.8, 4) is 11.5 Å². The van der Waals surface area contributed by atoms with Crippen LogP contribution >= 0.6 is 0 Å². The normalized spacial score (nSPS) is 12.2. The van der Waals surface area contributed by atoms with Gasteiger partial charge in [0, 0.05) is 6.07 Å². The minimum absolute atomic E-state index is 0.144. The van der Waals surface area contributed by atoms with Gasteiger partial charge in [-0.25, -0.2) is 0 Å². The molecule has 0 aliphatic rings. The molecule has 4 nitrogen and oxygen atoms in total. The lowest BCUT2D eigenvalue weighted by Crippen LogP contribution is -2.24. The van der Waals surface area contributed by atoms with Crippen LogP contribution in [0, 0.1) is 11.8 Å². The second kappa shape index (κ2) is 6.89. The first kappa shape index (κ1) is 14.4. The number of methoxy groups -OCH3 is 1. The number of esters is 1. The standard InChI is InChI=1S/C14H20O4/c1-10(2)7-11(14(16)17-3)9-18-13-6-4-5-12(15)8-13/h4-6,8,10-11,15H,7,9H2,1-3H3. The zero-order valence-corrected chi connectivity index (χ0v) is 11.1. The molecule has 0 aromatic heterocycles. The maximum Gasteiger partial charge on any atom is 0.312 e. The van der Waals surface area contributed by atoms with Crippen molar-refractivity contribution in [3.05, 3.63) is 24.3 Å². The summed E-state index contributed by atoms with van der Waals surface area (Å²) in [6, 6.07) is 6.52. The zero-order chi connectivity index (χ0) is 13.5. The summed E-state index contributed by atoms with van der Waals surface area (Å²) in [5, 5.41) is 9.31. The molecule has 0 bridgehead atoms. The van der Waals surface area contributed by atoms with Crippen LogP contribution < -0.4 is 4.74 Å². The van der Waals surface area contributed by atoms with Crippen molar-refractivity contribution >= 4 is 5.97 Å². The molecule has 0 fully saturated rings. The summed E-state index contributed by atoms with van der Waals surface area (Å²) in [6.07, 6.45) is 0.714. The van der Waals surface area contributed by atoms with Gasteiger partial charge in [-0.15, -0.1) is 0 Å². The summed E-state index contributed by atoms with van der Waals surface area (Å²) in [5.41, 5.74) is 0. The van der Waals surface area contributed by atoms with Crippen LogP contribution in [0.4, 0.5) is 0 Å². The number of carbonyl (C=O) groups excluding carboxylic acids is 1. The summed E-state index contributed by atoms with van der Waals surface area (Å²) in [6.45, 7) is 4.35. The first-order valence-corrected chi connectivity index (χ1v) is 6.02. The summed E-state index contributed by atoms with van der Waals surface area (Å²) in [5.74, 6) is 0.543. The fourth-order valence-electron chi connectivity index (χ4n) is 1.74. The number of rotatable bonds is 6. The molecule has 4 heteroatoms. The van der Waals surface area contributed by atoms with Crippen molar-refractivity contribution in [1.29, 1.82) is 0 Å². The van der Waals surface area contributed by atoms with Gasteiger partial charge in [-0.3, -0.25) is 4.79 Å². The van der Waals surface area contributed by atoms with E-state index < -0.39 is 0 Å². The number of benzene rings is 1. The highest BCUT2D eigenvalue weighted by molar-refractivity contribution is 5.72. The van der Waals surface area contributed by atoms with Gasteiger partial charge in [0.05, 0.1) is 13.0 Å². The molecule has 0 radical (unpaired) electrons. The molecule has 1 N–H and O–H groups in total. The predicted molar refractivity (Wildman–Crippen MR) is 68.6 cm³/mol. The Hall–Kier alpha value is -1.71. The van der Waals surface area contributed by atoms with Crippen LogP contribution in [-0.2, 0) is 9.53 Å². The van der Waals surface area contributed by atoms with Crippen LogP contribution in [0.5, 0.6) is 11.5 Å². The molecule has 0 spiro atoms. The molecule has 1 aromatic rings. The van der Waals surface area contributed by atoms with Crippen molar-refractivity contribution in [3.63, 3.8) is 0 Å². The fraction of sp³-hybridized carbons (Fsp3) is 0.500. The van der Waals surface area contributed by atoms with Gasteiger partial charge in [-0.2, -0.15) is 0 Å². The molecule has 0 amide bonds. The summed E-state index contributed by atoms with van der Waals surface area (Å²) in [7, 11) is 1.38. The van der Waals surface area contributed by atoms with Gasteiger partial charge in [-0.1, -0.05) is 19.9 Å². The molecular weight excluding hydrogens is 232 g/mol. The molecular formula is C14H20O4. The topological polar surface area (TPSA) is 55.8 Å². The minimum atomic E-state index is -0.280. The lowest BCUT2D eigenvalue weighted by Gasteiger charge is -2.17. The molecule has 1 aromatic carbocycles. The van der Waals surface area contributed by atoms with Gasteiger partial charge in [-0.05, 0) is 24.5 Å². The Morgan fingerprint density at radius 1 is 1.39 bits per heavy atom. The highest BCUT2D eigenvalue weighted by Gasteiger charge is 2.21. The molecule has 18 heavy (non-hydrogen) atoms. The van der Waals surface area contributed by atoms with Crippen molar-refractivity contribution in [2.24, 2.45) is 11.8 Å². The molecule has 1 unspecified atom stereocenters. The predicted octanol–water partition coefficient (Wildman–Crippen LogP) is 2.61. The number of phenols is 1. The van der Waals surface area contributed by atoms with Crippen LogP contribution in [0.1, 0.15) is 20.3 Å². The summed E-state index contributed by atoms with van der Waals surface area (Å²) >= 11 is 0. The highest BCUT2D eigenvalue weighted by atomic mass is 16.5. The average Bonchev–Trinajstić information content (AvgIpc) is 2.33. The zero-order valence-electron chi connectivity index (χ0n) is 11.1. The van der Waals surface area contributed by atoms with Gasteiger partial charge in [0.15, 0.2) is 0 Å². The average molecular weight is 252 g/mol. The van der Waals surface area contributed by atoms with E-state index in [1.165, 1.54) is 13.2 Å². The number of aromatic hydroxyl groups is 1. The van der Waals surface area contributed by atoms with E-state index in [9.17, 15) is 9.90 Å². The Balaban J connectivity index is 2.58. The van der Waals surface area contributed by atoms with E-state index in [1.54, 1.807) is 18.2 Å². The maximum absolute atomic E-state index is 11.6. The third kappa shape index (κ3) is 4.65. The van der Waals surface area contributed by atoms with E-state index in [4.69, 9.17) is 9.47 Å². The van der Waals surface area contributed by atoms with Gasteiger partial charge in [0.1, 0.15) is 18.1 Å². The van der Waals surface area contributed by atoms with Crippen LogP contribution in [0.25, 0.3) is 0 Å². The quantitative estimate of drug-likeness (QED) is 0.791. The molecule has 0 aliphatic heterocycles. The third-order valence-corrected chi connectivity index (χ3v) is 2.56.